The molecule has 1 fully saturated rings. The van der Waals surface area contributed by atoms with E-state index in [4.69, 9.17) is 4.74 Å². The standard InChI is InChI=1S/C13H15FN2O4/c1-9(13(17)15-6-2-3-7-15)20-12-8-10(14)4-5-11(12)16(18)19/h4-5,8-9H,2-3,6-7H2,1H3. The Hall–Kier alpha value is -2.18. The summed E-state index contributed by atoms with van der Waals surface area (Å²) in [6.07, 6.45) is 1.01. The van der Waals surface area contributed by atoms with Crippen molar-refractivity contribution in [3.05, 3.63) is 34.1 Å². The third-order valence-electron chi connectivity index (χ3n) is 3.19. The van der Waals surface area contributed by atoms with Gasteiger partial charge in [0.15, 0.2) is 6.10 Å². The van der Waals surface area contributed by atoms with Crippen LogP contribution >= 0.6 is 0 Å². The monoisotopic (exact) mass is 282 g/mol. The topological polar surface area (TPSA) is 72.7 Å². The van der Waals surface area contributed by atoms with Crippen LogP contribution in [0.3, 0.4) is 0 Å². The van der Waals surface area contributed by atoms with E-state index in [1.54, 1.807) is 4.90 Å². The highest BCUT2D eigenvalue weighted by Gasteiger charge is 2.27. The molecule has 1 aliphatic heterocycles. The minimum atomic E-state index is -0.881. The minimum Gasteiger partial charge on any atom is -0.474 e. The number of carbonyl (C=O) groups is 1. The Bertz CT molecular complexity index is 529. The van der Waals surface area contributed by atoms with E-state index in [-0.39, 0.29) is 17.3 Å². The Morgan fingerprint density at radius 2 is 2.10 bits per heavy atom. The molecule has 0 saturated carbocycles. The van der Waals surface area contributed by atoms with Crippen LogP contribution < -0.4 is 4.74 Å². The van der Waals surface area contributed by atoms with Gasteiger partial charge < -0.3 is 9.64 Å². The molecule has 1 aromatic carbocycles. The fourth-order valence-electron chi connectivity index (χ4n) is 2.17. The van der Waals surface area contributed by atoms with Gasteiger partial charge >= 0.3 is 5.69 Å². The molecule has 0 aromatic heterocycles. The largest absolute Gasteiger partial charge is 0.474 e. The summed E-state index contributed by atoms with van der Waals surface area (Å²) in [5, 5.41) is 10.8. The van der Waals surface area contributed by atoms with Crippen LogP contribution in [0.4, 0.5) is 10.1 Å². The molecule has 1 unspecified atom stereocenters. The predicted molar refractivity (Wildman–Crippen MR) is 69.0 cm³/mol. The maximum Gasteiger partial charge on any atom is 0.311 e. The molecule has 2 rings (SSSR count). The van der Waals surface area contributed by atoms with E-state index < -0.39 is 16.8 Å². The van der Waals surface area contributed by atoms with Crippen molar-refractivity contribution in [3.8, 4) is 5.75 Å². The zero-order valence-corrected chi connectivity index (χ0v) is 11.0. The lowest BCUT2D eigenvalue weighted by Crippen LogP contribution is -2.38. The van der Waals surface area contributed by atoms with E-state index in [9.17, 15) is 19.3 Å². The van der Waals surface area contributed by atoms with Gasteiger partial charge in [-0.15, -0.1) is 0 Å². The van der Waals surface area contributed by atoms with Crippen molar-refractivity contribution < 1.29 is 18.8 Å². The number of hydrogen-bond donors (Lipinski definition) is 0. The van der Waals surface area contributed by atoms with E-state index in [0.717, 1.165) is 31.0 Å². The number of nitro groups is 1. The number of amides is 1. The van der Waals surface area contributed by atoms with Gasteiger partial charge in [-0.05, 0) is 25.8 Å². The summed E-state index contributed by atoms with van der Waals surface area (Å²) in [6.45, 7) is 2.84. The van der Waals surface area contributed by atoms with E-state index in [1.165, 1.54) is 6.92 Å². The Morgan fingerprint density at radius 1 is 1.45 bits per heavy atom. The van der Waals surface area contributed by atoms with Gasteiger partial charge in [0.25, 0.3) is 5.91 Å². The predicted octanol–water partition coefficient (Wildman–Crippen LogP) is 2.12. The third-order valence-corrected chi connectivity index (χ3v) is 3.19. The number of likely N-dealkylation sites (tertiary alicyclic amines) is 1. The summed E-state index contributed by atoms with van der Waals surface area (Å²) >= 11 is 0. The summed E-state index contributed by atoms with van der Waals surface area (Å²) in [6, 6.07) is 2.93. The molecule has 0 spiro atoms. The number of nitrogens with zero attached hydrogens (tertiary/aromatic N) is 2. The number of hydrogen-bond acceptors (Lipinski definition) is 4. The molecule has 1 heterocycles. The van der Waals surface area contributed by atoms with Gasteiger partial charge in [0.05, 0.1) is 4.92 Å². The Labute approximate surface area is 115 Å². The van der Waals surface area contributed by atoms with Crippen LogP contribution in [-0.2, 0) is 4.79 Å². The highest BCUT2D eigenvalue weighted by atomic mass is 19.1. The number of carbonyl (C=O) groups excluding carboxylic acids is 1. The van der Waals surface area contributed by atoms with Crippen LogP contribution in [0.1, 0.15) is 19.8 Å². The quantitative estimate of drug-likeness (QED) is 0.626. The summed E-state index contributed by atoms with van der Waals surface area (Å²) in [5.74, 6) is -1.11. The molecule has 7 heteroatoms. The van der Waals surface area contributed by atoms with Gasteiger partial charge in [-0.25, -0.2) is 4.39 Å². The van der Waals surface area contributed by atoms with Crippen LogP contribution in [0.25, 0.3) is 0 Å². The number of benzene rings is 1. The zero-order valence-electron chi connectivity index (χ0n) is 11.0. The Balaban J connectivity index is 2.14. The number of ether oxygens (including phenoxy) is 1. The smallest absolute Gasteiger partial charge is 0.311 e. The molecule has 6 nitrogen and oxygen atoms in total. The van der Waals surface area contributed by atoms with E-state index >= 15 is 0 Å². The lowest BCUT2D eigenvalue weighted by molar-refractivity contribution is -0.386. The average molecular weight is 282 g/mol. The van der Waals surface area contributed by atoms with E-state index in [2.05, 4.69) is 0 Å². The molecule has 1 aromatic rings. The lowest BCUT2D eigenvalue weighted by atomic mass is 10.2. The van der Waals surface area contributed by atoms with Gasteiger partial charge in [-0.3, -0.25) is 14.9 Å². The molecule has 1 aliphatic rings. The van der Waals surface area contributed by atoms with Gasteiger partial charge in [-0.2, -0.15) is 0 Å². The van der Waals surface area contributed by atoms with Gasteiger partial charge in [0.2, 0.25) is 5.75 Å². The first-order valence-electron chi connectivity index (χ1n) is 6.38. The molecular formula is C13H15FN2O4. The second-order valence-electron chi connectivity index (χ2n) is 4.66. The van der Waals surface area contributed by atoms with E-state index in [1.807, 2.05) is 0 Å². The number of nitro benzene ring substituents is 1. The minimum absolute atomic E-state index is 0.227. The van der Waals surface area contributed by atoms with Crippen molar-refractivity contribution in [1.82, 2.24) is 4.90 Å². The lowest BCUT2D eigenvalue weighted by Gasteiger charge is -2.21. The first-order valence-corrected chi connectivity index (χ1v) is 6.38. The fraction of sp³-hybridized carbons (Fsp3) is 0.462. The van der Waals surface area contributed by atoms with Crippen molar-refractivity contribution in [1.29, 1.82) is 0 Å². The Kier molecular flexibility index (Phi) is 4.16. The highest BCUT2D eigenvalue weighted by molar-refractivity contribution is 5.81. The molecule has 0 radical (unpaired) electrons. The summed E-state index contributed by atoms with van der Waals surface area (Å²) in [5.41, 5.74) is -0.354. The first kappa shape index (κ1) is 14.2. The number of halogens is 1. The van der Waals surface area contributed by atoms with Crippen LogP contribution in [-0.4, -0.2) is 34.9 Å². The molecule has 0 N–H and O–H groups in total. The van der Waals surface area contributed by atoms with Crippen LogP contribution in [0, 0.1) is 15.9 Å². The van der Waals surface area contributed by atoms with Gasteiger partial charge in [-0.1, -0.05) is 0 Å². The van der Waals surface area contributed by atoms with Gasteiger partial charge in [0.1, 0.15) is 5.82 Å². The molecule has 0 aliphatic carbocycles. The van der Waals surface area contributed by atoms with Crippen molar-refractivity contribution in [3.63, 3.8) is 0 Å². The molecule has 1 saturated heterocycles. The Morgan fingerprint density at radius 3 is 2.70 bits per heavy atom. The van der Waals surface area contributed by atoms with Crippen molar-refractivity contribution in [2.24, 2.45) is 0 Å². The summed E-state index contributed by atoms with van der Waals surface area (Å²) in [7, 11) is 0. The second-order valence-corrected chi connectivity index (χ2v) is 4.66. The van der Waals surface area contributed by atoms with E-state index in [0.29, 0.717) is 13.1 Å². The van der Waals surface area contributed by atoms with Crippen LogP contribution in [0.2, 0.25) is 0 Å². The fourth-order valence-corrected chi connectivity index (χ4v) is 2.17. The molecule has 1 atom stereocenters. The normalized spacial score (nSPS) is 16.0. The zero-order chi connectivity index (χ0) is 14.7. The summed E-state index contributed by atoms with van der Waals surface area (Å²) in [4.78, 5) is 23.9. The van der Waals surface area contributed by atoms with Crippen molar-refractivity contribution >= 4 is 11.6 Å². The van der Waals surface area contributed by atoms with Crippen molar-refractivity contribution in [2.75, 3.05) is 13.1 Å². The van der Waals surface area contributed by atoms with Crippen molar-refractivity contribution in [2.45, 2.75) is 25.9 Å². The molecular weight excluding hydrogens is 267 g/mol. The maximum absolute atomic E-state index is 13.2. The number of rotatable bonds is 4. The second kappa shape index (κ2) is 5.85. The van der Waals surface area contributed by atoms with Crippen LogP contribution in [0.5, 0.6) is 5.75 Å². The molecule has 20 heavy (non-hydrogen) atoms. The molecule has 0 bridgehead atoms. The first-order chi connectivity index (χ1) is 9.49. The molecule has 1 amide bonds. The van der Waals surface area contributed by atoms with Gasteiger partial charge in [0, 0.05) is 25.2 Å². The molecule has 108 valence electrons. The van der Waals surface area contributed by atoms with Crippen LogP contribution in [0.15, 0.2) is 18.2 Å². The third kappa shape index (κ3) is 3.04. The SMILES string of the molecule is CC(Oc1cc(F)ccc1[N+](=O)[O-])C(=O)N1CCCC1. The average Bonchev–Trinajstić information content (AvgIpc) is 2.91. The highest BCUT2D eigenvalue weighted by Crippen LogP contribution is 2.28. The summed E-state index contributed by atoms with van der Waals surface area (Å²) < 4.78 is 18.5. The maximum atomic E-state index is 13.2.